The summed E-state index contributed by atoms with van der Waals surface area (Å²) in [5, 5.41) is 0. The standard InChI is InChI=1S/C22H37F3O3Si/c1-4-16-26-29(27-17-5-2,28-18-6-3)19-10-8-7-9-11-20-12-14-21(15-13-20)22(23,24)25/h12-15H,4-11,16-19H2,1-3H3. The molecule has 0 radical (unpaired) electrons. The second-order valence-corrected chi connectivity index (χ2v) is 10.1. The van der Waals surface area contributed by atoms with Gasteiger partial charge in [0.1, 0.15) is 0 Å². The van der Waals surface area contributed by atoms with Crippen molar-refractivity contribution in [1.29, 1.82) is 0 Å². The van der Waals surface area contributed by atoms with Gasteiger partial charge in [-0.3, -0.25) is 0 Å². The highest BCUT2D eigenvalue weighted by Gasteiger charge is 2.40. The maximum atomic E-state index is 12.6. The van der Waals surface area contributed by atoms with Crippen LogP contribution in [0.1, 0.15) is 76.8 Å². The van der Waals surface area contributed by atoms with E-state index in [1.54, 1.807) is 12.1 Å². The number of hydrogen-bond donors (Lipinski definition) is 0. The molecule has 0 N–H and O–H groups in total. The van der Waals surface area contributed by atoms with Crippen molar-refractivity contribution in [3.8, 4) is 0 Å². The van der Waals surface area contributed by atoms with E-state index in [9.17, 15) is 13.2 Å². The number of alkyl halides is 3. The molecule has 168 valence electrons. The minimum absolute atomic E-state index is 0.589. The molecule has 0 saturated carbocycles. The Kier molecular flexibility index (Phi) is 12.8. The predicted octanol–water partition coefficient (Wildman–Crippen LogP) is 7.03. The summed E-state index contributed by atoms with van der Waals surface area (Å²) in [6.07, 6.45) is 3.35. The first-order valence-corrected chi connectivity index (χ1v) is 12.9. The summed E-state index contributed by atoms with van der Waals surface area (Å²) >= 11 is 0. The van der Waals surface area contributed by atoms with E-state index in [-0.39, 0.29) is 0 Å². The zero-order chi connectivity index (χ0) is 21.6. The van der Waals surface area contributed by atoms with E-state index >= 15 is 0 Å². The van der Waals surface area contributed by atoms with Crippen molar-refractivity contribution in [2.45, 2.75) is 84.4 Å². The number of benzene rings is 1. The molecule has 0 bridgehead atoms. The first-order chi connectivity index (χ1) is 13.9. The Morgan fingerprint density at radius 3 is 1.66 bits per heavy atom. The Bertz CT molecular complexity index is 513. The minimum Gasteiger partial charge on any atom is -0.373 e. The number of rotatable bonds is 16. The molecule has 1 aromatic rings. The van der Waals surface area contributed by atoms with Gasteiger partial charge in [0.25, 0.3) is 0 Å². The maximum absolute atomic E-state index is 12.6. The van der Waals surface area contributed by atoms with Crippen LogP contribution in [0.2, 0.25) is 6.04 Å². The van der Waals surface area contributed by atoms with Gasteiger partial charge in [-0.25, -0.2) is 0 Å². The van der Waals surface area contributed by atoms with Crippen LogP contribution in [0.15, 0.2) is 24.3 Å². The molecule has 7 heteroatoms. The van der Waals surface area contributed by atoms with E-state index in [2.05, 4.69) is 20.8 Å². The summed E-state index contributed by atoms with van der Waals surface area (Å²) in [6.45, 7) is 8.23. The van der Waals surface area contributed by atoms with Gasteiger partial charge in [-0.1, -0.05) is 45.7 Å². The van der Waals surface area contributed by atoms with Crippen molar-refractivity contribution in [3.05, 3.63) is 35.4 Å². The second kappa shape index (κ2) is 14.2. The molecular formula is C22H37F3O3Si. The number of halogens is 3. The minimum atomic E-state index is -4.27. The van der Waals surface area contributed by atoms with Crippen molar-refractivity contribution in [2.24, 2.45) is 0 Å². The molecule has 0 heterocycles. The Labute approximate surface area is 175 Å². The third-order valence-corrected chi connectivity index (χ3v) is 7.46. The molecule has 0 aliphatic rings. The lowest BCUT2D eigenvalue weighted by Crippen LogP contribution is -2.46. The fourth-order valence-corrected chi connectivity index (χ4v) is 5.91. The van der Waals surface area contributed by atoms with Crippen LogP contribution >= 0.6 is 0 Å². The van der Waals surface area contributed by atoms with Gasteiger partial charge in [0.15, 0.2) is 0 Å². The fraction of sp³-hybridized carbons (Fsp3) is 0.727. The molecule has 0 aliphatic heterocycles. The number of hydrogen-bond acceptors (Lipinski definition) is 3. The summed E-state index contributed by atoms with van der Waals surface area (Å²) in [6, 6.07) is 6.31. The average molecular weight is 435 g/mol. The van der Waals surface area contributed by atoms with E-state index in [0.717, 1.165) is 75.1 Å². The zero-order valence-electron chi connectivity index (χ0n) is 18.2. The highest BCUT2D eigenvalue weighted by molar-refractivity contribution is 6.60. The maximum Gasteiger partial charge on any atom is 0.500 e. The topological polar surface area (TPSA) is 27.7 Å². The smallest absolute Gasteiger partial charge is 0.373 e. The van der Waals surface area contributed by atoms with Gasteiger partial charge >= 0.3 is 15.0 Å². The molecule has 3 nitrogen and oxygen atoms in total. The van der Waals surface area contributed by atoms with Crippen molar-refractivity contribution in [3.63, 3.8) is 0 Å². The van der Waals surface area contributed by atoms with Gasteiger partial charge in [-0.05, 0) is 56.2 Å². The van der Waals surface area contributed by atoms with E-state index in [1.807, 2.05) is 0 Å². The van der Waals surface area contributed by atoms with Gasteiger partial charge in [0.2, 0.25) is 0 Å². The first-order valence-electron chi connectivity index (χ1n) is 10.9. The lowest BCUT2D eigenvalue weighted by Gasteiger charge is -2.29. The van der Waals surface area contributed by atoms with Crippen LogP contribution in [0.5, 0.6) is 0 Å². The van der Waals surface area contributed by atoms with Crippen LogP contribution in [0.3, 0.4) is 0 Å². The average Bonchev–Trinajstić information content (AvgIpc) is 2.71. The van der Waals surface area contributed by atoms with E-state index in [0.29, 0.717) is 19.8 Å². The normalized spacial score (nSPS) is 12.5. The quantitative estimate of drug-likeness (QED) is 0.206. The molecule has 1 aromatic carbocycles. The zero-order valence-corrected chi connectivity index (χ0v) is 19.2. The number of unbranched alkanes of at least 4 members (excludes halogenated alkanes) is 3. The fourth-order valence-electron chi connectivity index (χ4n) is 3.00. The highest BCUT2D eigenvalue weighted by atomic mass is 28.4. The molecule has 0 aliphatic carbocycles. The molecule has 29 heavy (non-hydrogen) atoms. The molecule has 0 spiro atoms. The molecule has 0 fully saturated rings. The summed E-state index contributed by atoms with van der Waals surface area (Å²) in [5.41, 5.74) is 0.361. The molecule has 1 rings (SSSR count). The van der Waals surface area contributed by atoms with E-state index < -0.39 is 20.5 Å². The largest absolute Gasteiger partial charge is 0.500 e. The Hall–Kier alpha value is -0.893. The third kappa shape index (κ3) is 10.6. The Balaban J connectivity index is 2.41. The van der Waals surface area contributed by atoms with Crippen LogP contribution < -0.4 is 0 Å². The molecule has 0 saturated heterocycles. The van der Waals surface area contributed by atoms with Crippen LogP contribution in [0.4, 0.5) is 13.2 Å². The van der Waals surface area contributed by atoms with E-state index in [4.69, 9.17) is 13.3 Å². The molecule has 0 amide bonds. The summed E-state index contributed by atoms with van der Waals surface area (Å²) in [7, 11) is -2.61. The Morgan fingerprint density at radius 2 is 1.21 bits per heavy atom. The molecular weight excluding hydrogens is 397 g/mol. The van der Waals surface area contributed by atoms with Crippen molar-refractivity contribution in [1.82, 2.24) is 0 Å². The van der Waals surface area contributed by atoms with Crippen LogP contribution in [0.25, 0.3) is 0 Å². The van der Waals surface area contributed by atoms with Gasteiger partial charge in [0.05, 0.1) is 5.56 Å². The van der Waals surface area contributed by atoms with Gasteiger partial charge < -0.3 is 13.3 Å². The van der Waals surface area contributed by atoms with E-state index in [1.165, 1.54) is 0 Å². The first kappa shape index (κ1) is 26.1. The van der Waals surface area contributed by atoms with Crippen LogP contribution in [-0.2, 0) is 25.9 Å². The van der Waals surface area contributed by atoms with Crippen LogP contribution in [0, 0.1) is 0 Å². The van der Waals surface area contributed by atoms with Gasteiger partial charge in [-0.15, -0.1) is 0 Å². The van der Waals surface area contributed by atoms with Crippen molar-refractivity contribution in [2.75, 3.05) is 19.8 Å². The van der Waals surface area contributed by atoms with Crippen molar-refractivity contribution >= 4 is 8.80 Å². The SMILES string of the molecule is CCCO[Si](CCCCCCc1ccc(C(F)(F)F)cc1)(OCCC)OCCC. The van der Waals surface area contributed by atoms with Gasteiger partial charge in [-0.2, -0.15) is 13.2 Å². The lowest BCUT2D eigenvalue weighted by molar-refractivity contribution is -0.137. The monoisotopic (exact) mass is 434 g/mol. The van der Waals surface area contributed by atoms with Crippen LogP contribution in [-0.4, -0.2) is 28.6 Å². The lowest BCUT2D eigenvalue weighted by atomic mass is 10.0. The molecule has 0 aromatic heterocycles. The Morgan fingerprint density at radius 1 is 0.724 bits per heavy atom. The molecule has 0 unspecified atom stereocenters. The van der Waals surface area contributed by atoms with Crippen molar-refractivity contribution < 1.29 is 26.4 Å². The highest BCUT2D eigenvalue weighted by Crippen LogP contribution is 2.29. The summed E-state index contributed by atoms with van der Waals surface area (Å²) in [4.78, 5) is 0. The number of aryl methyl sites for hydroxylation is 1. The van der Waals surface area contributed by atoms with Gasteiger partial charge in [0, 0.05) is 25.9 Å². The third-order valence-electron chi connectivity index (χ3n) is 4.56. The second-order valence-electron chi connectivity index (χ2n) is 7.34. The summed E-state index contributed by atoms with van der Waals surface area (Å²) < 4.78 is 56.1. The predicted molar refractivity (Wildman–Crippen MR) is 113 cm³/mol. The molecule has 0 atom stereocenters. The summed E-state index contributed by atoms with van der Waals surface area (Å²) in [5.74, 6) is 0.